The van der Waals surface area contributed by atoms with Crippen molar-refractivity contribution in [2.24, 2.45) is 5.92 Å². The monoisotopic (exact) mass is 309 g/mol. The highest BCUT2D eigenvalue weighted by Crippen LogP contribution is 2.47. The van der Waals surface area contributed by atoms with E-state index < -0.39 is 0 Å². The minimum absolute atomic E-state index is 0.151. The number of rotatable bonds is 4. The standard InChI is InChI=1S/C15H20BrNO/c1-10(16)15(2,3)17-14(18)13-9-12(13)11-7-5-4-6-8-11/h4-8,10,12-13H,9H2,1-3H3,(H,17,18). The molecule has 1 fully saturated rings. The smallest absolute Gasteiger partial charge is 0.224 e. The lowest BCUT2D eigenvalue weighted by Gasteiger charge is -2.29. The van der Waals surface area contributed by atoms with E-state index in [0.717, 1.165) is 6.42 Å². The van der Waals surface area contributed by atoms with Gasteiger partial charge in [0.15, 0.2) is 0 Å². The van der Waals surface area contributed by atoms with E-state index in [1.54, 1.807) is 0 Å². The first kappa shape index (κ1) is 13.6. The van der Waals surface area contributed by atoms with E-state index in [9.17, 15) is 4.79 Å². The second-order valence-electron chi connectivity index (χ2n) is 5.69. The molecule has 0 heterocycles. The number of halogens is 1. The van der Waals surface area contributed by atoms with Crippen LogP contribution < -0.4 is 5.32 Å². The summed E-state index contributed by atoms with van der Waals surface area (Å²) in [6, 6.07) is 10.3. The largest absolute Gasteiger partial charge is 0.350 e. The Bertz CT molecular complexity index is 427. The first-order chi connectivity index (χ1) is 8.42. The number of carbonyl (C=O) groups excluding carboxylic acids is 1. The van der Waals surface area contributed by atoms with Gasteiger partial charge in [-0.05, 0) is 31.7 Å². The number of nitrogens with one attached hydrogen (secondary N) is 1. The van der Waals surface area contributed by atoms with Crippen LogP contribution in [0.3, 0.4) is 0 Å². The summed E-state index contributed by atoms with van der Waals surface area (Å²) in [4.78, 5) is 12.4. The summed E-state index contributed by atoms with van der Waals surface area (Å²) in [5, 5.41) is 3.13. The van der Waals surface area contributed by atoms with E-state index in [2.05, 4.69) is 40.3 Å². The molecule has 1 aromatic rings. The molecule has 1 saturated carbocycles. The summed E-state index contributed by atoms with van der Waals surface area (Å²) in [5.74, 6) is 0.741. The van der Waals surface area contributed by atoms with Gasteiger partial charge >= 0.3 is 0 Å². The Morgan fingerprint density at radius 2 is 2.00 bits per heavy atom. The van der Waals surface area contributed by atoms with Crippen molar-refractivity contribution in [3.63, 3.8) is 0 Å². The van der Waals surface area contributed by atoms with Crippen LogP contribution in [0.15, 0.2) is 30.3 Å². The first-order valence-corrected chi connectivity index (χ1v) is 7.34. The van der Waals surface area contributed by atoms with Crippen LogP contribution in [-0.4, -0.2) is 16.3 Å². The molecule has 2 nitrogen and oxygen atoms in total. The predicted molar refractivity (Wildman–Crippen MR) is 77.9 cm³/mol. The summed E-state index contributed by atoms with van der Waals surface area (Å²) < 4.78 is 0. The van der Waals surface area contributed by atoms with Crippen LogP contribution in [0.5, 0.6) is 0 Å². The predicted octanol–water partition coefficient (Wildman–Crippen LogP) is 3.47. The fourth-order valence-electron chi connectivity index (χ4n) is 2.06. The second-order valence-corrected chi connectivity index (χ2v) is 7.06. The molecule has 3 unspecified atom stereocenters. The number of benzene rings is 1. The Hall–Kier alpha value is -0.830. The molecule has 3 atom stereocenters. The van der Waals surface area contributed by atoms with Crippen LogP contribution in [0.1, 0.15) is 38.7 Å². The van der Waals surface area contributed by atoms with Crippen LogP contribution in [-0.2, 0) is 4.79 Å². The van der Waals surface area contributed by atoms with Gasteiger partial charge < -0.3 is 5.32 Å². The van der Waals surface area contributed by atoms with Crippen LogP contribution >= 0.6 is 15.9 Å². The van der Waals surface area contributed by atoms with Crippen molar-refractivity contribution < 1.29 is 4.79 Å². The summed E-state index contributed by atoms with van der Waals surface area (Å²) in [6.45, 7) is 6.15. The second kappa shape index (κ2) is 5.04. The highest BCUT2D eigenvalue weighted by Gasteiger charge is 2.45. The summed E-state index contributed by atoms with van der Waals surface area (Å²) >= 11 is 3.54. The molecular formula is C15H20BrNO. The van der Waals surface area contributed by atoms with Crippen molar-refractivity contribution in [3.05, 3.63) is 35.9 Å². The summed E-state index contributed by atoms with van der Waals surface area (Å²) in [5.41, 5.74) is 1.07. The Morgan fingerprint density at radius 3 is 2.56 bits per heavy atom. The van der Waals surface area contributed by atoms with Gasteiger partial charge in [-0.25, -0.2) is 0 Å². The zero-order valence-electron chi connectivity index (χ0n) is 11.1. The molecule has 1 aliphatic rings. The van der Waals surface area contributed by atoms with Gasteiger partial charge in [0.1, 0.15) is 0 Å². The molecule has 1 aromatic carbocycles. The van der Waals surface area contributed by atoms with E-state index in [1.807, 2.05) is 32.0 Å². The Morgan fingerprint density at radius 1 is 1.39 bits per heavy atom. The fraction of sp³-hybridized carbons (Fsp3) is 0.533. The van der Waals surface area contributed by atoms with Crippen molar-refractivity contribution >= 4 is 21.8 Å². The minimum atomic E-state index is -0.207. The van der Waals surface area contributed by atoms with Gasteiger partial charge in [-0.3, -0.25) is 4.79 Å². The van der Waals surface area contributed by atoms with Gasteiger partial charge in [0.2, 0.25) is 5.91 Å². The van der Waals surface area contributed by atoms with E-state index >= 15 is 0 Å². The molecule has 0 saturated heterocycles. The van der Waals surface area contributed by atoms with E-state index in [0.29, 0.717) is 5.92 Å². The molecule has 0 spiro atoms. The number of hydrogen-bond acceptors (Lipinski definition) is 1. The van der Waals surface area contributed by atoms with Crippen molar-refractivity contribution in [1.29, 1.82) is 0 Å². The summed E-state index contributed by atoms with van der Waals surface area (Å²) in [6.07, 6.45) is 0.975. The average molecular weight is 310 g/mol. The average Bonchev–Trinajstić information content (AvgIpc) is 3.09. The number of hydrogen-bond donors (Lipinski definition) is 1. The van der Waals surface area contributed by atoms with Crippen molar-refractivity contribution in [1.82, 2.24) is 5.32 Å². The molecule has 1 aliphatic carbocycles. The molecule has 98 valence electrons. The van der Waals surface area contributed by atoms with Gasteiger partial charge in [-0.1, -0.05) is 53.2 Å². The first-order valence-electron chi connectivity index (χ1n) is 6.43. The van der Waals surface area contributed by atoms with E-state index in [4.69, 9.17) is 0 Å². The zero-order chi connectivity index (χ0) is 13.3. The normalized spacial score (nSPS) is 24.4. The molecule has 18 heavy (non-hydrogen) atoms. The molecule has 0 bridgehead atoms. The fourth-order valence-corrected chi connectivity index (χ4v) is 2.18. The number of amides is 1. The molecule has 0 aliphatic heterocycles. The van der Waals surface area contributed by atoms with Gasteiger partial charge in [0.05, 0.1) is 0 Å². The number of alkyl halides is 1. The maximum Gasteiger partial charge on any atom is 0.224 e. The third-order valence-electron chi connectivity index (χ3n) is 3.79. The van der Waals surface area contributed by atoms with Crippen molar-refractivity contribution in [3.8, 4) is 0 Å². The highest BCUT2D eigenvalue weighted by atomic mass is 79.9. The maximum absolute atomic E-state index is 12.2. The third kappa shape index (κ3) is 2.94. The maximum atomic E-state index is 12.2. The van der Waals surface area contributed by atoms with Gasteiger partial charge in [-0.15, -0.1) is 0 Å². The molecule has 0 aromatic heterocycles. The lowest BCUT2D eigenvalue weighted by molar-refractivity contribution is -0.124. The van der Waals surface area contributed by atoms with Crippen LogP contribution in [0.4, 0.5) is 0 Å². The minimum Gasteiger partial charge on any atom is -0.350 e. The number of carbonyl (C=O) groups is 1. The van der Waals surface area contributed by atoms with E-state index in [-0.39, 0.29) is 22.2 Å². The molecule has 0 radical (unpaired) electrons. The van der Waals surface area contributed by atoms with Crippen LogP contribution in [0.25, 0.3) is 0 Å². The van der Waals surface area contributed by atoms with E-state index in [1.165, 1.54) is 5.56 Å². The topological polar surface area (TPSA) is 29.1 Å². The van der Waals surface area contributed by atoms with Crippen LogP contribution in [0, 0.1) is 5.92 Å². The molecule has 3 heteroatoms. The molecule has 1 N–H and O–H groups in total. The zero-order valence-corrected chi connectivity index (χ0v) is 12.7. The Balaban J connectivity index is 1.94. The van der Waals surface area contributed by atoms with Crippen LogP contribution in [0.2, 0.25) is 0 Å². The summed E-state index contributed by atoms with van der Waals surface area (Å²) in [7, 11) is 0. The molecular weight excluding hydrogens is 290 g/mol. The molecule has 1 amide bonds. The van der Waals surface area contributed by atoms with Crippen molar-refractivity contribution in [2.45, 2.75) is 43.5 Å². The SMILES string of the molecule is CC(Br)C(C)(C)NC(=O)C1CC1c1ccccc1. The Kier molecular flexibility index (Phi) is 3.81. The van der Waals surface area contributed by atoms with Crippen molar-refractivity contribution in [2.75, 3.05) is 0 Å². The lowest BCUT2D eigenvalue weighted by Crippen LogP contribution is -2.49. The van der Waals surface area contributed by atoms with Gasteiger partial charge in [0.25, 0.3) is 0 Å². The van der Waals surface area contributed by atoms with Gasteiger partial charge in [-0.2, -0.15) is 0 Å². The lowest BCUT2D eigenvalue weighted by atomic mass is 10.0. The third-order valence-corrected chi connectivity index (χ3v) is 4.94. The Labute approximate surface area is 117 Å². The highest BCUT2D eigenvalue weighted by molar-refractivity contribution is 9.09. The quantitative estimate of drug-likeness (QED) is 0.848. The molecule has 2 rings (SSSR count). The van der Waals surface area contributed by atoms with Gasteiger partial charge in [0, 0.05) is 16.3 Å².